The zero-order valence-electron chi connectivity index (χ0n) is 13.8. The lowest BCUT2D eigenvalue weighted by Gasteiger charge is -2.26. The Labute approximate surface area is 148 Å². The van der Waals surface area contributed by atoms with Crippen LogP contribution in [0.3, 0.4) is 0 Å². The van der Waals surface area contributed by atoms with Crippen LogP contribution in [0.1, 0.15) is 24.1 Å². The predicted molar refractivity (Wildman–Crippen MR) is 91.0 cm³/mol. The van der Waals surface area contributed by atoms with Crippen molar-refractivity contribution in [2.75, 3.05) is 0 Å². The number of benzene rings is 1. The molecule has 1 aliphatic rings. The van der Waals surface area contributed by atoms with Gasteiger partial charge in [-0.25, -0.2) is 0 Å². The maximum absolute atomic E-state index is 12.5. The molecule has 1 atom stereocenters. The minimum Gasteiger partial charge on any atom is -0.503 e. The number of ketones is 1. The summed E-state index contributed by atoms with van der Waals surface area (Å²) in [5.41, 5.74) is 0.851. The van der Waals surface area contributed by atoms with Crippen LogP contribution in [0.25, 0.3) is 0 Å². The average molecular weight is 353 g/mol. The van der Waals surface area contributed by atoms with Crippen molar-refractivity contribution < 1.29 is 19.6 Å². The van der Waals surface area contributed by atoms with Gasteiger partial charge >= 0.3 is 0 Å². The second-order valence-electron chi connectivity index (χ2n) is 5.87. The molecule has 26 heavy (non-hydrogen) atoms. The molecule has 0 fully saturated rings. The van der Waals surface area contributed by atoms with E-state index >= 15 is 0 Å². The van der Waals surface area contributed by atoms with E-state index in [0.29, 0.717) is 11.1 Å². The quantitative estimate of drug-likeness (QED) is 0.652. The molecule has 0 spiro atoms. The Kier molecular flexibility index (Phi) is 4.49. The Morgan fingerprint density at radius 2 is 2.12 bits per heavy atom. The predicted octanol–water partition coefficient (Wildman–Crippen LogP) is 2.47. The fourth-order valence-electron chi connectivity index (χ4n) is 3.02. The van der Waals surface area contributed by atoms with E-state index in [1.165, 1.54) is 30.0 Å². The van der Waals surface area contributed by atoms with Crippen molar-refractivity contribution in [3.8, 4) is 0 Å². The number of amides is 1. The van der Waals surface area contributed by atoms with Crippen molar-refractivity contribution in [2.45, 2.75) is 19.5 Å². The number of non-ortho nitro benzene ring substituents is 1. The fraction of sp³-hybridized carbons (Fsp3) is 0.167. The van der Waals surface area contributed by atoms with Crippen LogP contribution in [0, 0.1) is 10.1 Å². The molecule has 2 heterocycles. The molecular formula is C18H15N3O5. The molecule has 8 nitrogen and oxygen atoms in total. The number of Topliss-reactive ketones (excluding diaryl/α,β-unsaturated/α-hetero) is 1. The van der Waals surface area contributed by atoms with Crippen molar-refractivity contribution >= 4 is 17.4 Å². The first-order valence-electron chi connectivity index (χ1n) is 7.78. The second kappa shape index (κ2) is 6.75. The molecule has 0 unspecified atom stereocenters. The van der Waals surface area contributed by atoms with Gasteiger partial charge in [-0.2, -0.15) is 0 Å². The lowest BCUT2D eigenvalue weighted by molar-refractivity contribution is -0.384. The van der Waals surface area contributed by atoms with Gasteiger partial charge in [0.1, 0.15) is 0 Å². The van der Waals surface area contributed by atoms with E-state index in [9.17, 15) is 24.8 Å². The number of hydrogen-bond acceptors (Lipinski definition) is 6. The molecule has 2 aromatic rings. The lowest BCUT2D eigenvalue weighted by Crippen LogP contribution is -2.30. The van der Waals surface area contributed by atoms with Gasteiger partial charge in [0.25, 0.3) is 11.6 Å². The largest absolute Gasteiger partial charge is 0.503 e. The maximum Gasteiger partial charge on any atom is 0.290 e. The van der Waals surface area contributed by atoms with Crippen molar-refractivity contribution in [1.82, 2.24) is 9.88 Å². The molecule has 0 aliphatic carbocycles. The number of carbonyl (C=O) groups excluding carboxylic acids is 2. The number of aliphatic hydroxyl groups excluding tert-OH is 1. The minimum absolute atomic E-state index is 0.0700. The zero-order valence-corrected chi connectivity index (χ0v) is 13.8. The molecule has 3 rings (SSSR count). The minimum atomic E-state index is -0.903. The number of nitro groups is 1. The molecule has 1 aliphatic heterocycles. The third-order valence-corrected chi connectivity index (χ3v) is 4.16. The highest BCUT2D eigenvalue weighted by Crippen LogP contribution is 2.39. The lowest BCUT2D eigenvalue weighted by atomic mass is 9.96. The molecular weight excluding hydrogens is 338 g/mol. The Hall–Kier alpha value is -3.55. The summed E-state index contributed by atoms with van der Waals surface area (Å²) >= 11 is 0. The van der Waals surface area contributed by atoms with Gasteiger partial charge in [0, 0.05) is 31.1 Å². The maximum atomic E-state index is 12.5. The number of hydrogen-bond donors (Lipinski definition) is 1. The summed E-state index contributed by atoms with van der Waals surface area (Å²) in [5, 5.41) is 21.3. The highest BCUT2D eigenvalue weighted by molar-refractivity contribution is 6.08. The summed E-state index contributed by atoms with van der Waals surface area (Å²) in [7, 11) is 0. The van der Waals surface area contributed by atoms with Crippen LogP contribution in [-0.4, -0.2) is 31.6 Å². The Balaban J connectivity index is 2.09. The van der Waals surface area contributed by atoms with Crippen LogP contribution in [-0.2, 0) is 16.1 Å². The van der Waals surface area contributed by atoms with Gasteiger partial charge < -0.3 is 10.0 Å². The van der Waals surface area contributed by atoms with Crippen LogP contribution in [0.4, 0.5) is 5.69 Å². The zero-order chi connectivity index (χ0) is 18.8. The summed E-state index contributed by atoms with van der Waals surface area (Å²) in [5.74, 6) is -1.80. The molecule has 0 saturated heterocycles. The number of rotatable bonds is 5. The third-order valence-electron chi connectivity index (χ3n) is 4.16. The number of carbonyl (C=O) groups is 2. The van der Waals surface area contributed by atoms with Gasteiger partial charge in [0.15, 0.2) is 11.5 Å². The summed E-state index contributed by atoms with van der Waals surface area (Å²) in [6.45, 7) is 1.34. The third kappa shape index (κ3) is 3.04. The molecule has 1 N–H and O–H groups in total. The second-order valence-corrected chi connectivity index (χ2v) is 5.87. The van der Waals surface area contributed by atoms with Crippen molar-refractivity contribution in [2.24, 2.45) is 0 Å². The van der Waals surface area contributed by atoms with E-state index in [1.54, 1.807) is 30.6 Å². The van der Waals surface area contributed by atoms with Gasteiger partial charge in [-0.15, -0.1) is 0 Å². The monoisotopic (exact) mass is 353 g/mol. The number of nitrogens with zero attached hydrogens (tertiary/aromatic N) is 3. The molecule has 132 valence electrons. The molecule has 1 aromatic heterocycles. The molecule has 0 bridgehead atoms. The van der Waals surface area contributed by atoms with Gasteiger partial charge in [-0.3, -0.25) is 24.7 Å². The van der Waals surface area contributed by atoms with Crippen LogP contribution >= 0.6 is 0 Å². The van der Waals surface area contributed by atoms with E-state index in [4.69, 9.17) is 0 Å². The average Bonchev–Trinajstić information content (AvgIpc) is 2.88. The number of nitro benzene ring substituents is 1. The summed E-state index contributed by atoms with van der Waals surface area (Å²) in [6, 6.07) is 8.25. The highest BCUT2D eigenvalue weighted by atomic mass is 16.6. The Morgan fingerprint density at radius 3 is 2.73 bits per heavy atom. The van der Waals surface area contributed by atoms with Gasteiger partial charge in [0.2, 0.25) is 0 Å². The van der Waals surface area contributed by atoms with E-state index in [2.05, 4.69) is 4.98 Å². The Morgan fingerprint density at radius 1 is 1.35 bits per heavy atom. The number of aromatic nitrogens is 1. The van der Waals surface area contributed by atoms with Gasteiger partial charge in [-0.1, -0.05) is 18.2 Å². The van der Waals surface area contributed by atoms with Crippen LogP contribution in [0.5, 0.6) is 0 Å². The SMILES string of the molecule is CC(=O)C1=C(O)C(=O)N(Cc2cccnc2)[C@@H]1c1cccc([N+](=O)[O-])c1. The first-order chi connectivity index (χ1) is 12.4. The molecule has 1 aromatic carbocycles. The smallest absolute Gasteiger partial charge is 0.290 e. The van der Waals surface area contributed by atoms with Crippen molar-refractivity contribution in [3.63, 3.8) is 0 Å². The summed E-state index contributed by atoms with van der Waals surface area (Å²) < 4.78 is 0. The topological polar surface area (TPSA) is 114 Å². The van der Waals surface area contributed by atoms with Crippen molar-refractivity contribution in [3.05, 3.63) is 81.4 Å². The van der Waals surface area contributed by atoms with Gasteiger partial charge in [-0.05, 0) is 24.1 Å². The fourth-order valence-corrected chi connectivity index (χ4v) is 3.02. The molecule has 0 radical (unpaired) electrons. The van der Waals surface area contributed by atoms with Crippen LogP contribution < -0.4 is 0 Å². The number of pyridine rings is 1. The standard InChI is InChI=1S/C18H15N3O5/c1-11(22)15-16(13-5-2-6-14(8-13)21(25)26)20(18(24)17(15)23)10-12-4-3-7-19-9-12/h2-9,16,23H,10H2,1H3/t16-/m1/s1. The molecule has 8 heteroatoms. The number of aliphatic hydroxyl groups is 1. The van der Waals surface area contributed by atoms with E-state index in [1.807, 2.05) is 0 Å². The van der Waals surface area contributed by atoms with E-state index in [-0.39, 0.29) is 17.8 Å². The van der Waals surface area contributed by atoms with E-state index < -0.39 is 28.4 Å². The summed E-state index contributed by atoms with van der Waals surface area (Å²) in [4.78, 5) is 40.4. The Bertz CT molecular complexity index is 923. The van der Waals surface area contributed by atoms with Gasteiger partial charge in [0.05, 0.1) is 16.5 Å². The molecule has 0 saturated carbocycles. The van der Waals surface area contributed by atoms with Crippen LogP contribution in [0.2, 0.25) is 0 Å². The first kappa shape index (κ1) is 17.3. The van der Waals surface area contributed by atoms with Crippen LogP contribution in [0.15, 0.2) is 60.1 Å². The molecule has 1 amide bonds. The normalized spacial score (nSPS) is 16.9. The first-order valence-corrected chi connectivity index (χ1v) is 7.78. The summed E-state index contributed by atoms with van der Waals surface area (Å²) in [6.07, 6.45) is 3.16. The van der Waals surface area contributed by atoms with E-state index in [0.717, 1.165) is 0 Å². The highest BCUT2D eigenvalue weighted by Gasteiger charge is 2.42. The van der Waals surface area contributed by atoms with Crippen molar-refractivity contribution in [1.29, 1.82) is 0 Å².